The minimum Gasteiger partial charge on any atom is -0.493 e. The van der Waals surface area contributed by atoms with Gasteiger partial charge in [0.1, 0.15) is 0 Å². The summed E-state index contributed by atoms with van der Waals surface area (Å²) < 4.78 is 11.8. The van der Waals surface area contributed by atoms with E-state index in [-0.39, 0.29) is 17.3 Å². The highest BCUT2D eigenvalue weighted by Crippen LogP contribution is 2.62. The number of ether oxygens (including phenoxy) is 2. The van der Waals surface area contributed by atoms with Crippen molar-refractivity contribution in [1.82, 2.24) is 4.90 Å². The Morgan fingerprint density at radius 1 is 1.41 bits per heavy atom. The number of piperidine rings is 1. The topological polar surface area (TPSA) is 38.8 Å². The Bertz CT molecular complexity index is 685. The largest absolute Gasteiger partial charge is 0.493 e. The van der Waals surface area contributed by atoms with Crippen LogP contribution in [0.5, 0.6) is 11.5 Å². The second kappa shape index (κ2) is 4.05. The number of carbonyl (C=O) groups is 1. The molecule has 4 atom stereocenters. The first-order valence-electron chi connectivity index (χ1n) is 8.27. The Labute approximate surface area is 130 Å². The zero-order chi connectivity index (χ0) is 15.1. The summed E-state index contributed by atoms with van der Waals surface area (Å²) in [5.74, 6) is 2.46. The van der Waals surface area contributed by atoms with Crippen LogP contribution >= 0.6 is 0 Å². The number of hydrogen-bond acceptors (Lipinski definition) is 4. The molecule has 0 amide bonds. The molecule has 1 aromatic carbocycles. The third-order valence-electron chi connectivity index (χ3n) is 6.59. The van der Waals surface area contributed by atoms with Gasteiger partial charge < -0.3 is 14.4 Å². The molecule has 4 aliphatic rings. The average Bonchev–Trinajstić information content (AvgIpc) is 2.88. The molecule has 0 aromatic heterocycles. The lowest BCUT2D eigenvalue weighted by atomic mass is 9.52. The summed E-state index contributed by atoms with van der Waals surface area (Å²) in [6.07, 6.45) is 3.47. The molecule has 116 valence electrons. The van der Waals surface area contributed by atoms with Crippen molar-refractivity contribution in [2.45, 2.75) is 43.2 Å². The van der Waals surface area contributed by atoms with Crippen molar-refractivity contribution in [2.75, 3.05) is 20.7 Å². The highest BCUT2D eigenvalue weighted by molar-refractivity contribution is 5.89. The van der Waals surface area contributed by atoms with Gasteiger partial charge in [-0.25, -0.2) is 0 Å². The first kappa shape index (κ1) is 12.9. The van der Waals surface area contributed by atoms with Crippen LogP contribution in [-0.4, -0.2) is 43.5 Å². The number of rotatable bonds is 1. The Balaban J connectivity index is 1.81. The monoisotopic (exact) mass is 299 g/mol. The van der Waals surface area contributed by atoms with Crippen LogP contribution in [0.3, 0.4) is 0 Å². The van der Waals surface area contributed by atoms with Gasteiger partial charge in [0.15, 0.2) is 23.4 Å². The van der Waals surface area contributed by atoms with Gasteiger partial charge in [0.2, 0.25) is 0 Å². The molecule has 2 fully saturated rings. The predicted molar refractivity (Wildman–Crippen MR) is 81.6 cm³/mol. The second-order valence-corrected chi connectivity index (χ2v) is 7.28. The Hall–Kier alpha value is -1.55. The summed E-state index contributed by atoms with van der Waals surface area (Å²) in [4.78, 5) is 15.1. The SMILES string of the molecule is COc1ccc2c3c1O[C@H]1C(=O)CCC4[C@@H](C2)N(C)CC[C@@]341. The van der Waals surface area contributed by atoms with Gasteiger partial charge in [-0.2, -0.15) is 0 Å². The molecule has 22 heavy (non-hydrogen) atoms. The Kier molecular flexibility index (Phi) is 2.38. The van der Waals surface area contributed by atoms with E-state index in [0.717, 1.165) is 37.3 Å². The van der Waals surface area contributed by atoms with Crippen LogP contribution in [-0.2, 0) is 16.6 Å². The number of likely N-dealkylation sites (tertiary alicyclic amines) is 1. The number of nitrogens with zero attached hydrogens (tertiary/aromatic N) is 1. The van der Waals surface area contributed by atoms with Crippen LogP contribution < -0.4 is 9.47 Å². The van der Waals surface area contributed by atoms with E-state index < -0.39 is 0 Å². The van der Waals surface area contributed by atoms with E-state index in [1.54, 1.807) is 7.11 Å². The van der Waals surface area contributed by atoms with Crippen LogP contribution in [0.15, 0.2) is 12.1 Å². The smallest absolute Gasteiger partial charge is 0.174 e. The molecular weight excluding hydrogens is 278 g/mol. The summed E-state index contributed by atoms with van der Waals surface area (Å²) in [7, 11) is 3.91. The fraction of sp³-hybridized carbons (Fsp3) is 0.611. The van der Waals surface area contributed by atoms with E-state index in [4.69, 9.17) is 9.47 Å². The maximum atomic E-state index is 12.6. The highest BCUT2D eigenvalue weighted by atomic mass is 16.5. The molecule has 1 saturated carbocycles. The number of Topliss-reactive ketones (excluding diaryl/α,β-unsaturated/α-hetero) is 1. The van der Waals surface area contributed by atoms with Crippen molar-refractivity contribution < 1.29 is 14.3 Å². The van der Waals surface area contributed by atoms with Crippen LogP contribution in [0.1, 0.15) is 30.4 Å². The van der Waals surface area contributed by atoms with E-state index in [0.29, 0.717) is 18.4 Å². The van der Waals surface area contributed by atoms with E-state index in [9.17, 15) is 4.79 Å². The fourth-order valence-electron chi connectivity index (χ4n) is 5.67. The first-order chi connectivity index (χ1) is 10.7. The molecule has 2 bridgehead atoms. The van der Waals surface area contributed by atoms with Crippen molar-refractivity contribution in [3.05, 3.63) is 23.3 Å². The molecule has 2 aliphatic carbocycles. The predicted octanol–water partition coefficient (Wildman–Crippen LogP) is 1.93. The molecule has 1 unspecified atom stereocenters. The standard InChI is InChI=1S/C18H21NO3/c1-19-8-7-18-11-4-5-13(20)17(18)22-16-14(21-2)6-3-10(15(16)18)9-12(11)19/h3,6,11-12,17H,4-5,7-9H2,1-2H3/t11?,12-,17+,18+/m1/s1. The van der Waals surface area contributed by atoms with Crippen LogP contribution in [0.2, 0.25) is 0 Å². The number of hydrogen-bond donors (Lipinski definition) is 0. The molecule has 1 saturated heterocycles. The molecule has 2 aliphatic heterocycles. The maximum Gasteiger partial charge on any atom is 0.174 e. The molecule has 0 N–H and O–H groups in total. The lowest BCUT2D eigenvalue weighted by Crippen LogP contribution is -2.65. The number of likely N-dealkylation sites (N-methyl/N-ethyl adjacent to an activating group) is 1. The molecule has 4 heteroatoms. The molecule has 2 heterocycles. The lowest BCUT2D eigenvalue weighted by molar-refractivity contribution is -0.138. The normalized spacial score (nSPS) is 38.5. The van der Waals surface area contributed by atoms with Crippen LogP contribution in [0.25, 0.3) is 0 Å². The number of carbonyl (C=O) groups excluding carboxylic acids is 1. The Morgan fingerprint density at radius 2 is 2.27 bits per heavy atom. The van der Waals surface area contributed by atoms with Gasteiger partial charge >= 0.3 is 0 Å². The highest BCUT2D eigenvalue weighted by Gasteiger charge is 2.65. The summed E-state index contributed by atoms with van der Waals surface area (Å²) >= 11 is 0. The van der Waals surface area contributed by atoms with E-state index in [1.807, 2.05) is 6.07 Å². The Morgan fingerprint density at radius 3 is 3.09 bits per heavy atom. The molecule has 0 radical (unpaired) electrons. The van der Waals surface area contributed by atoms with Crippen molar-refractivity contribution in [3.8, 4) is 11.5 Å². The van der Waals surface area contributed by atoms with Gasteiger partial charge in [0.05, 0.1) is 7.11 Å². The number of ketones is 1. The summed E-state index contributed by atoms with van der Waals surface area (Å²) in [6.45, 7) is 1.05. The molecular formula is C18H21NO3. The third kappa shape index (κ3) is 1.27. The van der Waals surface area contributed by atoms with Crippen molar-refractivity contribution in [1.29, 1.82) is 0 Å². The fourth-order valence-corrected chi connectivity index (χ4v) is 5.67. The minimum atomic E-state index is -0.284. The quantitative estimate of drug-likeness (QED) is 0.794. The van der Waals surface area contributed by atoms with Gasteiger partial charge in [0.25, 0.3) is 0 Å². The molecule has 4 nitrogen and oxygen atoms in total. The molecule has 1 aromatic rings. The number of benzene rings is 1. The van der Waals surface area contributed by atoms with Crippen LogP contribution in [0.4, 0.5) is 0 Å². The van der Waals surface area contributed by atoms with Crippen molar-refractivity contribution >= 4 is 5.78 Å². The van der Waals surface area contributed by atoms with Crippen molar-refractivity contribution in [3.63, 3.8) is 0 Å². The second-order valence-electron chi connectivity index (χ2n) is 7.28. The average molecular weight is 299 g/mol. The van der Waals surface area contributed by atoms with E-state index in [2.05, 4.69) is 18.0 Å². The van der Waals surface area contributed by atoms with Gasteiger partial charge in [-0.1, -0.05) is 6.07 Å². The van der Waals surface area contributed by atoms with E-state index in [1.165, 1.54) is 11.1 Å². The molecule has 5 rings (SSSR count). The van der Waals surface area contributed by atoms with Gasteiger partial charge in [-0.3, -0.25) is 4.79 Å². The summed E-state index contributed by atoms with van der Waals surface area (Å²) in [5, 5.41) is 0. The van der Waals surface area contributed by atoms with E-state index >= 15 is 0 Å². The van der Waals surface area contributed by atoms with Crippen LogP contribution in [0, 0.1) is 5.92 Å². The van der Waals surface area contributed by atoms with Gasteiger partial charge in [-0.15, -0.1) is 0 Å². The zero-order valence-corrected chi connectivity index (χ0v) is 13.1. The molecule has 1 spiro atoms. The lowest BCUT2D eigenvalue weighted by Gasteiger charge is -2.57. The summed E-state index contributed by atoms with van der Waals surface area (Å²) in [5.41, 5.74) is 2.57. The zero-order valence-electron chi connectivity index (χ0n) is 13.1. The minimum absolute atomic E-state index is 0.0933. The summed E-state index contributed by atoms with van der Waals surface area (Å²) in [6, 6.07) is 4.73. The number of methoxy groups -OCH3 is 1. The first-order valence-corrected chi connectivity index (χ1v) is 8.27. The van der Waals surface area contributed by atoms with Gasteiger partial charge in [0, 0.05) is 23.4 Å². The maximum absolute atomic E-state index is 12.6. The third-order valence-corrected chi connectivity index (χ3v) is 6.59. The van der Waals surface area contributed by atoms with Crippen molar-refractivity contribution in [2.24, 2.45) is 5.92 Å². The van der Waals surface area contributed by atoms with Gasteiger partial charge in [-0.05, 0) is 50.4 Å².